The van der Waals surface area contributed by atoms with E-state index in [2.05, 4.69) is 15.6 Å². The Morgan fingerprint density at radius 1 is 1.00 bits per heavy atom. The Labute approximate surface area is 155 Å². The second kappa shape index (κ2) is 8.15. The van der Waals surface area contributed by atoms with E-state index >= 15 is 0 Å². The number of carbonyl (C=O) groups is 2. The molecular formula is C17H13F2N3O2S2. The number of carbonyl (C=O) groups excluding carboxylic acids is 2. The van der Waals surface area contributed by atoms with Crippen molar-refractivity contribution in [1.82, 2.24) is 4.98 Å². The second-order valence-corrected chi connectivity index (χ2v) is 7.16. The molecule has 2 aromatic heterocycles. The van der Waals surface area contributed by atoms with E-state index in [9.17, 15) is 18.4 Å². The van der Waals surface area contributed by atoms with Gasteiger partial charge >= 0.3 is 0 Å². The van der Waals surface area contributed by atoms with Crippen LogP contribution in [0.2, 0.25) is 0 Å². The molecule has 3 rings (SSSR count). The minimum Gasteiger partial charge on any atom is -0.323 e. The van der Waals surface area contributed by atoms with Crippen LogP contribution < -0.4 is 10.6 Å². The van der Waals surface area contributed by atoms with Crippen molar-refractivity contribution in [3.63, 3.8) is 0 Å². The number of benzene rings is 1. The third-order valence-corrected chi connectivity index (χ3v) is 4.96. The maximum Gasteiger partial charge on any atom is 0.231 e. The number of nitrogens with zero attached hydrogens (tertiary/aromatic N) is 1. The summed E-state index contributed by atoms with van der Waals surface area (Å²) in [7, 11) is 0. The summed E-state index contributed by atoms with van der Waals surface area (Å²) < 4.78 is 26.7. The topological polar surface area (TPSA) is 71.1 Å². The Morgan fingerprint density at radius 2 is 1.81 bits per heavy atom. The number of rotatable bonds is 6. The van der Waals surface area contributed by atoms with Crippen molar-refractivity contribution in [2.24, 2.45) is 0 Å². The molecule has 2 N–H and O–H groups in total. The minimum absolute atomic E-state index is 0.118. The Balaban J connectivity index is 1.55. The number of amides is 2. The van der Waals surface area contributed by atoms with Crippen molar-refractivity contribution in [3.8, 4) is 0 Å². The number of anilines is 2. The fraction of sp³-hybridized carbons (Fsp3) is 0.118. The van der Waals surface area contributed by atoms with Crippen molar-refractivity contribution in [2.75, 3.05) is 10.6 Å². The van der Waals surface area contributed by atoms with Gasteiger partial charge in [-0.1, -0.05) is 12.1 Å². The Bertz CT molecular complexity index is 926. The van der Waals surface area contributed by atoms with E-state index in [-0.39, 0.29) is 24.4 Å². The first-order valence-corrected chi connectivity index (χ1v) is 9.27. The monoisotopic (exact) mass is 393 g/mol. The van der Waals surface area contributed by atoms with E-state index in [1.54, 1.807) is 5.38 Å². The van der Waals surface area contributed by atoms with Crippen LogP contribution in [0, 0.1) is 11.6 Å². The molecule has 0 aliphatic rings. The summed E-state index contributed by atoms with van der Waals surface area (Å²) in [6.45, 7) is 0. The summed E-state index contributed by atoms with van der Waals surface area (Å²) >= 11 is 2.68. The van der Waals surface area contributed by atoms with Crippen molar-refractivity contribution < 1.29 is 18.4 Å². The highest BCUT2D eigenvalue weighted by atomic mass is 32.1. The van der Waals surface area contributed by atoms with Gasteiger partial charge in [0.1, 0.15) is 0 Å². The number of thiazole rings is 1. The van der Waals surface area contributed by atoms with Crippen molar-refractivity contribution in [3.05, 3.63) is 63.3 Å². The van der Waals surface area contributed by atoms with Gasteiger partial charge in [-0.3, -0.25) is 9.59 Å². The molecule has 0 saturated heterocycles. The normalized spacial score (nSPS) is 10.5. The van der Waals surface area contributed by atoms with Gasteiger partial charge in [0.25, 0.3) is 0 Å². The average molecular weight is 393 g/mol. The molecule has 9 heteroatoms. The van der Waals surface area contributed by atoms with Gasteiger partial charge in [0.15, 0.2) is 16.8 Å². The number of aromatic nitrogens is 1. The summed E-state index contributed by atoms with van der Waals surface area (Å²) in [5, 5.41) is 8.88. The largest absolute Gasteiger partial charge is 0.323 e. The van der Waals surface area contributed by atoms with Gasteiger partial charge in [-0.25, -0.2) is 13.8 Å². The summed E-state index contributed by atoms with van der Waals surface area (Å²) in [5.41, 5.74) is 0.199. The van der Waals surface area contributed by atoms with E-state index in [1.807, 2.05) is 17.5 Å². The molecule has 5 nitrogen and oxygen atoms in total. The molecule has 0 fully saturated rings. The molecular weight excluding hydrogens is 380 g/mol. The van der Waals surface area contributed by atoms with Gasteiger partial charge in [0, 0.05) is 10.3 Å². The second-order valence-electron chi connectivity index (χ2n) is 5.27. The van der Waals surface area contributed by atoms with Crippen LogP contribution in [-0.4, -0.2) is 16.8 Å². The lowest BCUT2D eigenvalue weighted by atomic mass is 10.2. The predicted molar refractivity (Wildman–Crippen MR) is 97.5 cm³/mol. The molecule has 1 aromatic carbocycles. The van der Waals surface area contributed by atoms with E-state index in [4.69, 9.17) is 0 Å². The van der Waals surface area contributed by atoms with Crippen molar-refractivity contribution in [2.45, 2.75) is 12.8 Å². The average Bonchev–Trinajstić information content (AvgIpc) is 3.24. The van der Waals surface area contributed by atoms with Crippen molar-refractivity contribution in [1.29, 1.82) is 0 Å². The highest BCUT2D eigenvalue weighted by Crippen LogP contribution is 2.19. The molecule has 2 heterocycles. The highest BCUT2D eigenvalue weighted by molar-refractivity contribution is 7.14. The molecule has 0 saturated carbocycles. The zero-order chi connectivity index (χ0) is 18.5. The van der Waals surface area contributed by atoms with Crippen LogP contribution in [0.15, 0.2) is 41.1 Å². The summed E-state index contributed by atoms with van der Waals surface area (Å²) in [6, 6.07) is 7.28. The van der Waals surface area contributed by atoms with Gasteiger partial charge in [0.05, 0.1) is 24.2 Å². The molecule has 2 amide bonds. The van der Waals surface area contributed by atoms with Crippen LogP contribution in [0.1, 0.15) is 10.6 Å². The third-order valence-electron chi connectivity index (χ3n) is 3.28. The Kier molecular flexibility index (Phi) is 5.69. The van der Waals surface area contributed by atoms with Crippen LogP contribution in [0.25, 0.3) is 0 Å². The van der Waals surface area contributed by atoms with E-state index in [1.165, 1.54) is 34.8 Å². The fourth-order valence-electron chi connectivity index (χ4n) is 2.14. The molecule has 134 valence electrons. The summed E-state index contributed by atoms with van der Waals surface area (Å²) in [6.07, 6.45) is 0.138. The fourth-order valence-corrected chi connectivity index (χ4v) is 3.57. The zero-order valence-electron chi connectivity index (χ0n) is 13.3. The number of thiophene rings is 1. The predicted octanol–water partition coefficient (Wildman–Crippen LogP) is 3.85. The Hall–Kier alpha value is -2.65. The first kappa shape index (κ1) is 18.2. The van der Waals surface area contributed by atoms with Crippen LogP contribution in [0.4, 0.5) is 19.6 Å². The lowest BCUT2D eigenvalue weighted by Crippen LogP contribution is -2.16. The van der Waals surface area contributed by atoms with Crippen molar-refractivity contribution >= 4 is 45.3 Å². The van der Waals surface area contributed by atoms with Crippen LogP contribution in [0.5, 0.6) is 0 Å². The molecule has 0 aliphatic heterocycles. The van der Waals surface area contributed by atoms with E-state index in [0.29, 0.717) is 10.8 Å². The first-order chi connectivity index (χ1) is 12.5. The number of hydrogen-bond acceptors (Lipinski definition) is 5. The lowest BCUT2D eigenvalue weighted by Gasteiger charge is -2.05. The SMILES string of the molecule is O=C(Cc1cccs1)Nc1nc(CC(=O)Nc2cccc(F)c2F)cs1. The van der Waals surface area contributed by atoms with Gasteiger partial charge in [-0.15, -0.1) is 22.7 Å². The lowest BCUT2D eigenvalue weighted by molar-refractivity contribution is -0.116. The first-order valence-electron chi connectivity index (χ1n) is 7.52. The maximum absolute atomic E-state index is 13.6. The maximum atomic E-state index is 13.6. The highest BCUT2D eigenvalue weighted by Gasteiger charge is 2.13. The molecule has 0 aliphatic carbocycles. The molecule has 26 heavy (non-hydrogen) atoms. The number of nitrogens with one attached hydrogen (secondary N) is 2. The third kappa shape index (κ3) is 4.70. The van der Waals surface area contributed by atoms with Gasteiger partial charge in [0.2, 0.25) is 11.8 Å². The number of hydrogen-bond donors (Lipinski definition) is 2. The minimum atomic E-state index is -1.11. The van der Waals surface area contributed by atoms with Crippen LogP contribution in [-0.2, 0) is 22.4 Å². The van der Waals surface area contributed by atoms with E-state index in [0.717, 1.165) is 10.9 Å². The van der Waals surface area contributed by atoms with Crippen LogP contribution in [0.3, 0.4) is 0 Å². The summed E-state index contributed by atoms with van der Waals surface area (Å²) in [4.78, 5) is 29.0. The summed E-state index contributed by atoms with van der Waals surface area (Å²) in [5.74, 6) is -2.87. The molecule has 0 bridgehead atoms. The molecule has 0 atom stereocenters. The number of halogens is 2. The molecule has 3 aromatic rings. The molecule has 0 radical (unpaired) electrons. The van der Waals surface area contributed by atoms with Crippen LogP contribution >= 0.6 is 22.7 Å². The smallest absolute Gasteiger partial charge is 0.231 e. The van der Waals surface area contributed by atoms with Gasteiger partial charge < -0.3 is 10.6 Å². The zero-order valence-corrected chi connectivity index (χ0v) is 14.9. The van der Waals surface area contributed by atoms with E-state index < -0.39 is 17.5 Å². The Morgan fingerprint density at radius 3 is 2.58 bits per heavy atom. The van der Waals surface area contributed by atoms with Gasteiger partial charge in [-0.2, -0.15) is 0 Å². The quantitative estimate of drug-likeness (QED) is 0.668. The standard InChI is InChI=1S/C17H13F2N3O2S2/c18-12-4-1-5-13(16(12)19)21-14(23)7-10-9-26-17(20-10)22-15(24)8-11-3-2-6-25-11/h1-6,9H,7-8H2,(H,21,23)(H,20,22,24). The van der Waals surface area contributed by atoms with Gasteiger partial charge in [-0.05, 0) is 23.6 Å². The molecule has 0 spiro atoms. The molecule has 0 unspecified atom stereocenters.